The molecule has 100 valence electrons. The molecule has 0 radical (unpaired) electrons. The van der Waals surface area contributed by atoms with Crippen molar-refractivity contribution in [3.05, 3.63) is 27.5 Å². The Morgan fingerprint density at radius 2 is 2.28 bits per heavy atom. The van der Waals surface area contributed by atoms with Gasteiger partial charge in [-0.15, -0.1) is 0 Å². The van der Waals surface area contributed by atoms with Gasteiger partial charge in [-0.1, -0.05) is 18.0 Å². The number of carbonyl (C=O) groups is 1. The molecule has 0 aliphatic rings. The summed E-state index contributed by atoms with van der Waals surface area (Å²) in [5.41, 5.74) is 0.412. The van der Waals surface area contributed by atoms with Crippen LogP contribution in [0.1, 0.15) is 29.6 Å². The summed E-state index contributed by atoms with van der Waals surface area (Å²) in [5, 5.41) is 3.09. The van der Waals surface area contributed by atoms with Gasteiger partial charge in [-0.25, -0.2) is 4.98 Å². The smallest absolute Gasteiger partial charge is 0.254 e. The van der Waals surface area contributed by atoms with Gasteiger partial charge in [0.2, 0.25) is 0 Å². The fourth-order valence-corrected chi connectivity index (χ4v) is 2.44. The zero-order valence-electron chi connectivity index (χ0n) is 10.2. The zero-order chi connectivity index (χ0) is 13.4. The largest absolute Gasteiger partial charge is 0.352 e. The van der Waals surface area contributed by atoms with E-state index in [1.54, 1.807) is 12.3 Å². The van der Waals surface area contributed by atoms with Crippen molar-refractivity contribution < 1.29 is 4.79 Å². The fourth-order valence-electron chi connectivity index (χ4n) is 1.43. The van der Waals surface area contributed by atoms with Crippen molar-refractivity contribution in [1.82, 2.24) is 10.3 Å². The first-order valence-electron chi connectivity index (χ1n) is 5.73. The number of halogens is 2. The van der Waals surface area contributed by atoms with Crippen LogP contribution in [0.4, 0.5) is 0 Å². The second kappa shape index (κ2) is 8.77. The number of amides is 1. The Balaban J connectivity index is 2.34. The molecule has 0 aliphatic carbocycles. The van der Waals surface area contributed by atoms with E-state index in [-0.39, 0.29) is 11.1 Å². The lowest BCUT2D eigenvalue weighted by molar-refractivity contribution is 0.0952. The SMILES string of the molecule is CSCCCCCNC(=O)c1cc(Br)cnc1Cl. The predicted molar refractivity (Wildman–Crippen MR) is 81.5 cm³/mol. The summed E-state index contributed by atoms with van der Waals surface area (Å²) in [6, 6.07) is 1.68. The highest BCUT2D eigenvalue weighted by Crippen LogP contribution is 2.17. The van der Waals surface area contributed by atoms with Crippen LogP contribution in [0.5, 0.6) is 0 Å². The van der Waals surface area contributed by atoms with Crippen molar-refractivity contribution in [3.8, 4) is 0 Å². The summed E-state index contributed by atoms with van der Waals surface area (Å²) in [4.78, 5) is 15.8. The van der Waals surface area contributed by atoms with Gasteiger partial charge in [-0.05, 0) is 46.8 Å². The molecule has 1 N–H and O–H groups in total. The molecule has 6 heteroatoms. The van der Waals surface area contributed by atoms with E-state index >= 15 is 0 Å². The summed E-state index contributed by atoms with van der Waals surface area (Å²) in [6.45, 7) is 0.677. The van der Waals surface area contributed by atoms with Crippen LogP contribution < -0.4 is 5.32 Å². The van der Waals surface area contributed by atoms with Crippen LogP contribution in [0.25, 0.3) is 0 Å². The maximum absolute atomic E-state index is 11.8. The molecule has 0 atom stereocenters. The summed E-state index contributed by atoms with van der Waals surface area (Å²) >= 11 is 11.0. The zero-order valence-corrected chi connectivity index (χ0v) is 13.4. The Hall–Kier alpha value is -0.260. The van der Waals surface area contributed by atoms with Crippen molar-refractivity contribution >= 4 is 45.2 Å². The first-order valence-corrected chi connectivity index (χ1v) is 8.30. The molecule has 1 aromatic rings. The molecule has 1 aromatic heterocycles. The van der Waals surface area contributed by atoms with Crippen LogP contribution in [-0.4, -0.2) is 29.4 Å². The topological polar surface area (TPSA) is 42.0 Å². The number of pyridine rings is 1. The van der Waals surface area contributed by atoms with E-state index in [1.165, 1.54) is 12.2 Å². The van der Waals surface area contributed by atoms with Gasteiger partial charge >= 0.3 is 0 Å². The van der Waals surface area contributed by atoms with Gasteiger partial charge in [0, 0.05) is 17.2 Å². The molecule has 0 fully saturated rings. The third kappa shape index (κ3) is 5.59. The number of nitrogens with one attached hydrogen (secondary N) is 1. The standard InChI is InChI=1S/C12H16BrClN2OS/c1-18-6-4-2-3-5-15-12(17)10-7-9(13)8-16-11(10)14/h7-8H,2-6H2,1H3,(H,15,17). The van der Waals surface area contributed by atoms with Crippen molar-refractivity contribution in [2.75, 3.05) is 18.6 Å². The second-order valence-corrected chi connectivity index (χ2v) is 6.06. The van der Waals surface area contributed by atoms with Crippen LogP contribution in [0.15, 0.2) is 16.7 Å². The van der Waals surface area contributed by atoms with E-state index in [9.17, 15) is 4.79 Å². The molecule has 0 saturated heterocycles. The second-order valence-electron chi connectivity index (χ2n) is 3.80. The molecule has 1 amide bonds. The number of hydrogen-bond donors (Lipinski definition) is 1. The maximum atomic E-state index is 11.8. The number of aromatic nitrogens is 1. The predicted octanol–water partition coefficient (Wildman–Crippen LogP) is 3.76. The van der Waals surface area contributed by atoms with E-state index in [1.807, 2.05) is 11.8 Å². The van der Waals surface area contributed by atoms with Crippen LogP contribution in [0, 0.1) is 0 Å². The lowest BCUT2D eigenvalue weighted by Gasteiger charge is -2.06. The van der Waals surface area contributed by atoms with E-state index in [2.05, 4.69) is 32.5 Å². The summed E-state index contributed by atoms with van der Waals surface area (Å²) in [7, 11) is 0. The lowest BCUT2D eigenvalue weighted by atomic mass is 10.2. The highest BCUT2D eigenvalue weighted by Gasteiger charge is 2.11. The normalized spacial score (nSPS) is 10.4. The Kier molecular flexibility index (Phi) is 7.70. The lowest BCUT2D eigenvalue weighted by Crippen LogP contribution is -2.25. The van der Waals surface area contributed by atoms with Crippen molar-refractivity contribution in [2.45, 2.75) is 19.3 Å². The van der Waals surface area contributed by atoms with Crippen molar-refractivity contribution in [1.29, 1.82) is 0 Å². The van der Waals surface area contributed by atoms with Gasteiger partial charge in [-0.3, -0.25) is 4.79 Å². The van der Waals surface area contributed by atoms with Gasteiger partial charge in [0.15, 0.2) is 0 Å². The van der Waals surface area contributed by atoms with Gasteiger partial charge in [0.05, 0.1) is 5.56 Å². The minimum Gasteiger partial charge on any atom is -0.352 e. The fraction of sp³-hybridized carbons (Fsp3) is 0.500. The summed E-state index contributed by atoms with van der Waals surface area (Å²) in [5.74, 6) is 1.01. The van der Waals surface area contributed by atoms with Crippen LogP contribution in [0.2, 0.25) is 5.15 Å². The van der Waals surface area contributed by atoms with E-state index in [0.29, 0.717) is 12.1 Å². The first-order chi connectivity index (χ1) is 8.65. The van der Waals surface area contributed by atoms with Gasteiger partial charge in [-0.2, -0.15) is 11.8 Å². The third-order valence-electron chi connectivity index (χ3n) is 2.36. The van der Waals surface area contributed by atoms with E-state index in [4.69, 9.17) is 11.6 Å². The average Bonchev–Trinajstić information content (AvgIpc) is 2.36. The van der Waals surface area contributed by atoms with Crippen LogP contribution in [0.3, 0.4) is 0 Å². The Bertz CT molecular complexity index is 404. The Labute approximate surface area is 125 Å². The molecular weight excluding hydrogens is 336 g/mol. The van der Waals surface area contributed by atoms with Crippen molar-refractivity contribution in [2.24, 2.45) is 0 Å². The van der Waals surface area contributed by atoms with Crippen molar-refractivity contribution in [3.63, 3.8) is 0 Å². The number of thioether (sulfide) groups is 1. The Morgan fingerprint density at radius 3 is 3.00 bits per heavy atom. The number of carbonyl (C=O) groups excluding carboxylic acids is 1. The molecule has 0 aliphatic heterocycles. The molecule has 0 unspecified atom stereocenters. The van der Waals surface area contributed by atoms with Gasteiger partial charge < -0.3 is 5.32 Å². The van der Waals surface area contributed by atoms with E-state index < -0.39 is 0 Å². The van der Waals surface area contributed by atoms with Crippen LogP contribution in [-0.2, 0) is 0 Å². The molecular formula is C12H16BrClN2OS. The minimum absolute atomic E-state index is 0.168. The average molecular weight is 352 g/mol. The van der Waals surface area contributed by atoms with E-state index in [0.717, 1.165) is 17.3 Å². The highest BCUT2D eigenvalue weighted by atomic mass is 79.9. The molecule has 18 heavy (non-hydrogen) atoms. The molecule has 0 spiro atoms. The van der Waals surface area contributed by atoms with Gasteiger partial charge in [0.25, 0.3) is 5.91 Å². The number of rotatable bonds is 7. The number of hydrogen-bond acceptors (Lipinski definition) is 3. The molecule has 1 rings (SSSR count). The maximum Gasteiger partial charge on any atom is 0.254 e. The quantitative estimate of drug-likeness (QED) is 0.601. The molecule has 1 heterocycles. The summed E-state index contributed by atoms with van der Waals surface area (Å²) in [6.07, 6.45) is 6.98. The number of unbranched alkanes of at least 4 members (excludes halogenated alkanes) is 2. The van der Waals surface area contributed by atoms with Gasteiger partial charge in [0.1, 0.15) is 5.15 Å². The highest BCUT2D eigenvalue weighted by molar-refractivity contribution is 9.10. The molecule has 0 saturated carbocycles. The molecule has 3 nitrogen and oxygen atoms in total. The van der Waals surface area contributed by atoms with Crippen LogP contribution >= 0.6 is 39.3 Å². The minimum atomic E-state index is -0.168. The summed E-state index contributed by atoms with van der Waals surface area (Å²) < 4.78 is 0.747. The molecule has 0 bridgehead atoms. The first kappa shape index (κ1) is 15.8. The number of nitrogens with zero attached hydrogens (tertiary/aromatic N) is 1. The monoisotopic (exact) mass is 350 g/mol. The Morgan fingerprint density at radius 1 is 1.50 bits per heavy atom. The molecule has 0 aromatic carbocycles. The third-order valence-corrected chi connectivity index (χ3v) is 3.79.